The van der Waals surface area contributed by atoms with E-state index in [-0.39, 0.29) is 17.9 Å². The molecule has 2 aliphatic rings. The van der Waals surface area contributed by atoms with Gasteiger partial charge in [-0.15, -0.1) is 0 Å². The average molecular weight is 182 g/mol. The van der Waals surface area contributed by atoms with Crippen LogP contribution in [0.1, 0.15) is 25.7 Å². The molecule has 1 N–H and O–H groups in total. The third kappa shape index (κ3) is 1.72. The molecule has 2 heterocycles. The Morgan fingerprint density at radius 2 is 1.85 bits per heavy atom. The van der Waals surface area contributed by atoms with Crippen LogP contribution in [0.25, 0.3) is 0 Å². The van der Waals surface area contributed by atoms with Gasteiger partial charge < -0.3 is 0 Å². The number of piperidine rings is 1. The molecular weight excluding hydrogens is 168 g/mol. The summed E-state index contributed by atoms with van der Waals surface area (Å²) in [6.45, 7) is 1.93. The van der Waals surface area contributed by atoms with E-state index in [1.807, 2.05) is 0 Å². The van der Waals surface area contributed by atoms with Crippen molar-refractivity contribution in [2.45, 2.75) is 31.7 Å². The summed E-state index contributed by atoms with van der Waals surface area (Å²) in [4.78, 5) is 24.4. The molecule has 2 fully saturated rings. The molecule has 2 amide bonds. The molecule has 0 aromatic rings. The second-order valence-corrected chi connectivity index (χ2v) is 3.73. The van der Waals surface area contributed by atoms with E-state index >= 15 is 0 Å². The Kier molecular flexibility index (Phi) is 2.31. The minimum Gasteiger partial charge on any atom is -0.295 e. The number of nitrogens with one attached hydrogen (secondary N) is 1. The summed E-state index contributed by atoms with van der Waals surface area (Å²) in [5, 5.41) is 2.34. The Hall–Kier alpha value is -0.900. The van der Waals surface area contributed by atoms with E-state index in [1.165, 1.54) is 6.42 Å². The minimum absolute atomic E-state index is 0.105. The lowest BCUT2D eigenvalue weighted by Crippen LogP contribution is -2.43. The first-order valence-corrected chi connectivity index (χ1v) is 4.85. The molecule has 0 aromatic carbocycles. The van der Waals surface area contributed by atoms with Gasteiger partial charge in [-0.3, -0.25) is 19.8 Å². The van der Waals surface area contributed by atoms with E-state index in [0.29, 0.717) is 6.42 Å². The summed E-state index contributed by atoms with van der Waals surface area (Å²) < 4.78 is 0. The van der Waals surface area contributed by atoms with Crippen molar-refractivity contribution in [3.63, 3.8) is 0 Å². The van der Waals surface area contributed by atoms with E-state index in [0.717, 1.165) is 25.9 Å². The van der Waals surface area contributed by atoms with Gasteiger partial charge in [0, 0.05) is 0 Å². The summed E-state index contributed by atoms with van der Waals surface area (Å²) in [7, 11) is 0. The van der Waals surface area contributed by atoms with Crippen molar-refractivity contribution >= 4 is 11.8 Å². The quantitative estimate of drug-likeness (QED) is 0.575. The van der Waals surface area contributed by atoms with Gasteiger partial charge in [-0.2, -0.15) is 0 Å². The molecule has 2 aliphatic heterocycles. The highest BCUT2D eigenvalue weighted by Crippen LogP contribution is 2.17. The standard InChI is InChI=1S/C9H14N2O2/c12-8-6-7(9(13)10-8)11-4-2-1-3-5-11/h7H,1-6H2,(H,10,12,13)/t7-/m1/s1. The topological polar surface area (TPSA) is 49.4 Å². The first kappa shape index (κ1) is 8.69. The summed E-state index contributed by atoms with van der Waals surface area (Å²) in [6.07, 6.45) is 3.91. The van der Waals surface area contributed by atoms with Gasteiger partial charge in [0.2, 0.25) is 11.8 Å². The predicted octanol–water partition coefficient (Wildman–Crippen LogP) is -0.113. The highest BCUT2D eigenvalue weighted by molar-refractivity contribution is 6.05. The molecule has 4 heteroatoms. The van der Waals surface area contributed by atoms with Crippen LogP contribution in [0.3, 0.4) is 0 Å². The Labute approximate surface area is 77.3 Å². The molecule has 1 atom stereocenters. The molecule has 0 radical (unpaired) electrons. The third-order valence-corrected chi connectivity index (χ3v) is 2.78. The number of rotatable bonds is 1. The van der Waals surface area contributed by atoms with Crippen LogP contribution in [-0.2, 0) is 9.59 Å². The lowest BCUT2D eigenvalue weighted by molar-refractivity contribution is -0.126. The van der Waals surface area contributed by atoms with Gasteiger partial charge in [-0.25, -0.2) is 0 Å². The zero-order valence-corrected chi connectivity index (χ0v) is 7.58. The van der Waals surface area contributed by atoms with Crippen LogP contribution in [0, 0.1) is 0 Å². The van der Waals surface area contributed by atoms with Crippen LogP contribution in [-0.4, -0.2) is 35.8 Å². The van der Waals surface area contributed by atoms with Crippen molar-refractivity contribution in [2.24, 2.45) is 0 Å². The van der Waals surface area contributed by atoms with Crippen molar-refractivity contribution in [3.05, 3.63) is 0 Å². The number of likely N-dealkylation sites (tertiary alicyclic amines) is 1. The Bertz CT molecular complexity index is 234. The van der Waals surface area contributed by atoms with Gasteiger partial charge in [-0.1, -0.05) is 6.42 Å². The number of nitrogens with zero attached hydrogens (tertiary/aromatic N) is 1. The van der Waals surface area contributed by atoms with Crippen molar-refractivity contribution < 1.29 is 9.59 Å². The number of carbonyl (C=O) groups is 2. The van der Waals surface area contributed by atoms with Crippen LogP contribution >= 0.6 is 0 Å². The Balaban J connectivity index is 1.99. The van der Waals surface area contributed by atoms with Crippen LogP contribution in [0.15, 0.2) is 0 Å². The van der Waals surface area contributed by atoms with Crippen LogP contribution in [0.4, 0.5) is 0 Å². The fourth-order valence-electron chi connectivity index (χ4n) is 2.07. The minimum atomic E-state index is -0.173. The maximum Gasteiger partial charge on any atom is 0.244 e. The first-order valence-electron chi connectivity index (χ1n) is 4.85. The largest absolute Gasteiger partial charge is 0.295 e. The maximum atomic E-state index is 11.3. The second kappa shape index (κ2) is 3.46. The Morgan fingerprint density at radius 3 is 2.38 bits per heavy atom. The van der Waals surface area contributed by atoms with Gasteiger partial charge in [-0.05, 0) is 25.9 Å². The first-order chi connectivity index (χ1) is 6.27. The van der Waals surface area contributed by atoms with E-state index < -0.39 is 0 Å². The molecule has 0 bridgehead atoms. The highest BCUT2D eigenvalue weighted by Gasteiger charge is 2.35. The smallest absolute Gasteiger partial charge is 0.244 e. The van der Waals surface area contributed by atoms with Crippen LogP contribution < -0.4 is 5.32 Å². The number of imide groups is 1. The van der Waals surface area contributed by atoms with Crippen molar-refractivity contribution in [1.29, 1.82) is 0 Å². The van der Waals surface area contributed by atoms with Gasteiger partial charge in [0.1, 0.15) is 0 Å². The SMILES string of the molecule is O=C1C[C@@H](N2CCCCC2)C(=O)N1. The molecule has 0 aliphatic carbocycles. The van der Waals surface area contributed by atoms with E-state index in [2.05, 4.69) is 10.2 Å². The molecule has 72 valence electrons. The molecule has 0 unspecified atom stereocenters. The van der Waals surface area contributed by atoms with E-state index in [1.54, 1.807) is 0 Å². The Morgan fingerprint density at radius 1 is 1.15 bits per heavy atom. The predicted molar refractivity (Wildman–Crippen MR) is 47.0 cm³/mol. The number of carbonyl (C=O) groups excluding carboxylic acids is 2. The lowest BCUT2D eigenvalue weighted by atomic mass is 10.1. The summed E-state index contributed by atoms with van der Waals surface area (Å²) in [5.41, 5.74) is 0. The summed E-state index contributed by atoms with van der Waals surface area (Å²) >= 11 is 0. The lowest BCUT2D eigenvalue weighted by Gasteiger charge is -2.29. The molecular formula is C9H14N2O2. The van der Waals surface area contributed by atoms with Crippen LogP contribution in [0.5, 0.6) is 0 Å². The van der Waals surface area contributed by atoms with Crippen molar-refractivity contribution in [3.8, 4) is 0 Å². The monoisotopic (exact) mass is 182 g/mol. The van der Waals surface area contributed by atoms with E-state index in [9.17, 15) is 9.59 Å². The second-order valence-electron chi connectivity index (χ2n) is 3.73. The molecule has 4 nitrogen and oxygen atoms in total. The number of hydrogen-bond acceptors (Lipinski definition) is 3. The zero-order chi connectivity index (χ0) is 9.26. The zero-order valence-electron chi connectivity index (χ0n) is 7.58. The van der Waals surface area contributed by atoms with Crippen LogP contribution in [0.2, 0.25) is 0 Å². The van der Waals surface area contributed by atoms with Crippen molar-refractivity contribution in [1.82, 2.24) is 10.2 Å². The van der Waals surface area contributed by atoms with Gasteiger partial charge >= 0.3 is 0 Å². The molecule has 2 rings (SSSR count). The molecule has 0 spiro atoms. The van der Waals surface area contributed by atoms with Gasteiger partial charge in [0.05, 0.1) is 12.5 Å². The summed E-state index contributed by atoms with van der Waals surface area (Å²) in [6, 6.07) is -0.173. The van der Waals surface area contributed by atoms with Crippen molar-refractivity contribution in [2.75, 3.05) is 13.1 Å². The third-order valence-electron chi connectivity index (χ3n) is 2.78. The van der Waals surface area contributed by atoms with Gasteiger partial charge in [0.15, 0.2) is 0 Å². The molecule has 0 saturated carbocycles. The number of hydrogen-bond donors (Lipinski definition) is 1. The fraction of sp³-hybridized carbons (Fsp3) is 0.778. The molecule has 2 saturated heterocycles. The average Bonchev–Trinajstić information content (AvgIpc) is 2.47. The van der Waals surface area contributed by atoms with Gasteiger partial charge in [0.25, 0.3) is 0 Å². The normalized spacial score (nSPS) is 30.6. The molecule has 13 heavy (non-hydrogen) atoms. The van der Waals surface area contributed by atoms with E-state index in [4.69, 9.17) is 0 Å². The fourth-order valence-corrected chi connectivity index (χ4v) is 2.07. The maximum absolute atomic E-state index is 11.3. The summed E-state index contributed by atoms with van der Waals surface area (Å²) in [5.74, 6) is -0.229. The number of amides is 2. The highest BCUT2D eigenvalue weighted by atomic mass is 16.2. The molecule has 0 aromatic heterocycles.